The molecular weight excluding hydrogens is 418 g/mol. The molecule has 0 aliphatic carbocycles. The van der Waals surface area contributed by atoms with Crippen LogP contribution in [0.2, 0.25) is 0 Å². The van der Waals surface area contributed by atoms with Gasteiger partial charge >= 0.3 is 0 Å². The van der Waals surface area contributed by atoms with Gasteiger partial charge < -0.3 is 24.6 Å². The molecule has 0 bridgehead atoms. The lowest BCUT2D eigenvalue weighted by atomic mass is 10.1. The van der Waals surface area contributed by atoms with Crippen LogP contribution >= 0.6 is 0 Å². The second kappa shape index (κ2) is 10.1. The van der Waals surface area contributed by atoms with Gasteiger partial charge in [-0.15, -0.1) is 0 Å². The zero-order valence-corrected chi connectivity index (χ0v) is 18.8. The van der Waals surface area contributed by atoms with Crippen LogP contribution in [0.25, 0.3) is 0 Å². The summed E-state index contributed by atoms with van der Waals surface area (Å²) >= 11 is 0. The molecule has 0 saturated carbocycles. The molecule has 4 rings (SSSR count). The van der Waals surface area contributed by atoms with Gasteiger partial charge in [0.2, 0.25) is 0 Å². The Morgan fingerprint density at radius 1 is 0.758 bits per heavy atom. The van der Waals surface area contributed by atoms with Crippen LogP contribution in [0.4, 0.5) is 11.4 Å². The predicted molar refractivity (Wildman–Crippen MR) is 128 cm³/mol. The van der Waals surface area contributed by atoms with Gasteiger partial charge in [-0.1, -0.05) is 18.2 Å². The predicted octanol–water partition coefficient (Wildman–Crippen LogP) is 3.92. The molecule has 1 fully saturated rings. The summed E-state index contributed by atoms with van der Waals surface area (Å²) in [6.07, 6.45) is 0. The minimum absolute atomic E-state index is 0.000443. The fourth-order valence-electron chi connectivity index (χ4n) is 3.87. The van der Waals surface area contributed by atoms with Crippen LogP contribution in [0, 0.1) is 0 Å². The second-order valence-electron chi connectivity index (χ2n) is 7.72. The van der Waals surface area contributed by atoms with Gasteiger partial charge in [0, 0.05) is 48.7 Å². The first kappa shape index (κ1) is 22.2. The van der Waals surface area contributed by atoms with Crippen molar-refractivity contribution in [1.29, 1.82) is 0 Å². The van der Waals surface area contributed by atoms with Crippen molar-refractivity contribution >= 4 is 23.2 Å². The van der Waals surface area contributed by atoms with Crippen molar-refractivity contribution in [3.05, 3.63) is 83.9 Å². The van der Waals surface area contributed by atoms with Crippen LogP contribution in [-0.4, -0.2) is 57.1 Å². The Kier molecular flexibility index (Phi) is 6.78. The summed E-state index contributed by atoms with van der Waals surface area (Å²) < 4.78 is 10.5. The molecule has 1 aliphatic heterocycles. The zero-order chi connectivity index (χ0) is 23.2. The topological polar surface area (TPSA) is 71.1 Å². The third-order valence-corrected chi connectivity index (χ3v) is 5.72. The van der Waals surface area contributed by atoms with Crippen molar-refractivity contribution in [3.63, 3.8) is 0 Å². The summed E-state index contributed by atoms with van der Waals surface area (Å²) in [5.41, 5.74) is 2.84. The summed E-state index contributed by atoms with van der Waals surface area (Å²) in [5, 5.41) is 2.85. The lowest BCUT2D eigenvalue weighted by Gasteiger charge is -2.36. The van der Waals surface area contributed by atoms with Crippen LogP contribution in [0.1, 0.15) is 20.7 Å². The molecule has 1 heterocycles. The van der Waals surface area contributed by atoms with Gasteiger partial charge in [0.25, 0.3) is 11.8 Å². The Morgan fingerprint density at radius 2 is 1.39 bits per heavy atom. The maximum atomic E-state index is 12.9. The molecule has 1 aliphatic rings. The molecule has 0 aromatic heterocycles. The van der Waals surface area contributed by atoms with E-state index >= 15 is 0 Å². The van der Waals surface area contributed by atoms with Crippen LogP contribution < -0.4 is 19.7 Å². The van der Waals surface area contributed by atoms with E-state index in [1.54, 1.807) is 49.6 Å². The summed E-state index contributed by atoms with van der Waals surface area (Å²) in [6, 6.07) is 22.2. The number of hydrogen-bond donors (Lipinski definition) is 1. The standard InChI is InChI=1S/C26H27N3O4/c1-32-23-13-10-20(18-24(23)33-2)25(30)27-21-11-8-19(9-12-21)26(31)29-16-14-28(15-17-29)22-6-4-3-5-7-22/h3-13,18H,14-17H2,1-2H3,(H,27,30). The normalized spacial score (nSPS) is 13.4. The van der Waals surface area contributed by atoms with E-state index in [1.165, 1.54) is 12.8 Å². The van der Waals surface area contributed by atoms with Gasteiger partial charge in [-0.3, -0.25) is 9.59 Å². The molecule has 1 N–H and O–H groups in total. The summed E-state index contributed by atoms with van der Waals surface area (Å²) in [7, 11) is 3.07. The van der Waals surface area contributed by atoms with Crippen molar-refractivity contribution in [1.82, 2.24) is 4.90 Å². The summed E-state index contributed by atoms with van der Waals surface area (Å²) in [4.78, 5) is 29.7. The molecule has 0 radical (unpaired) electrons. The highest BCUT2D eigenvalue weighted by atomic mass is 16.5. The summed E-state index contributed by atoms with van der Waals surface area (Å²) in [5.74, 6) is 0.771. The number of benzene rings is 3. The molecule has 170 valence electrons. The van der Waals surface area contributed by atoms with Crippen LogP contribution in [0.3, 0.4) is 0 Å². The minimum Gasteiger partial charge on any atom is -0.493 e. The van der Waals surface area contributed by atoms with E-state index < -0.39 is 0 Å². The fraction of sp³-hybridized carbons (Fsp3) is 0.231. The van der Waals surface area contributed by atoms with Crippen LogP contribution in [0.5, 0.6) is 11.5 Å². The first-order valence-corrected chi connectivity index (χ1v) is 10.8. The first-order chi connectivity index (χ1) is 16.1. The maximum absolute atomic E-state index is 12.9. The molecule has 1 saturated heterocycles. The Balaban J connectivity index is 1.35. The van der Waals surface area contributed by atoms with E-state index in [0.717, 1.165) is 13.1 Å². The lowest BCUT2D eigenvalue weighted by Crippen LogP contribution is -2.48. The number of anilines is 2. The molecule has 7 nitrogen and oxygen atoms in total. The molecule has 7 heteroatoms. The molecule has 3 aromatic carbocycles. The number of amides is 2. The van der Waals surface area contributed by atoms with Crippen molar-refractivity contribution < 1.29 is 19.1 Å². The summed E-state index contributed by atoms with van der Waals surface area (Å²) in [6.45, 7) is 2.95. The quantitative estimate of drug-likeness (QED) is 0.623. The van der Waals surface area contributed by atoms with E-state index in [-0.39, 0.29) is 11.8 Å². The number of piperazine rings is 1. The fourth-order valence-corrected chi connectivity index (χ4v) is 3.87. The number of carbonyl (C=O) groups excluding carboxylic acids is 2. The maximum Gasteiger partial charge on any atom is 0.255 e. The van der Waals surface area contributed by atoms with E-state index in [9.17, 15) is 9.59 Å². The van der Waals surface area contributed by atoms with Crippen LogP contribution in [0.15, 0.2) is 72.8 Å². The molecule has 3 aromatic rings. The largest absolute Gasteiger partial charge is 0.493 e. The van der Waals surface area contributed by atoms with Gasteiger partial charge in [-0.2, -0.15) is 0 Å². The number of para-hydroxylation sites is 1. The number of methoxy groups -OCH3 is 2. The number of carbonyl (C=O) groups is 2. The Bertz CT molecular complexity index is 1110. The monoisotopic (exact) mass is 445 g/mol. The van der Waals surface area contributed by atoms with E-state index in [4.69, 9.17) is 9.47 Å². The van der Waals surface area contributed by atoms with Crippen LogP contribution in [-0.2, 0) is 0 Å². The van der Waals surface area contributed by atoms with Gasteiger partial charge in [0.05, 0.1) is 14.2 Å². The van der Waals surface area contributed by atoms with Crippen molar-refractivity contribution in [2.75, 3.05) is 50.6 Å². The lowest BCUT2D eigenvalue weighted by molar-refractivity contribution is 0.0746. The molecular formula is C26H27N3O4. The van der Waals surface area contributed by atoms with Gasteiger partial charge in [0.15, 0.2) is 11.5 Å². The highest BCUT2D eigenvalue weighted by molar-refractivity contribution is 6.05. The van der Waals surface area contributed by atoms with Gasteiger partial charge in [0.1, 0.15) is 0 Å². The Morgan fingerprint density at radius 3 is 2.03 bits per heavy atom. The number of ether oxygens (including phenoxy) is 2. The van der Waals surface area contributed by atoms with E-state index in [1.807, 2.05) is 23.1 Å². The van der Waals surface area contributed by atoms with Crippen molar-refractivity contribution in [2.45, 2.75) is 0 Å². The second-order valence-corrected chi connectivity index (χ2v) is 7.72. The van der Waals surface area contributed by atoms with E-state index in [2.05, 4.69) is 22.3 Å². The minimum atomic E-state index is -0.271. The number of rotatable bonds is 6. The molecule has 0 atom stereocenters. The average Bonchev–Trinajstić information content (AvgIpc) is 2.89. The molecule has 0 unspecified atom stereocenters. The average molecular weight is 446 g/mol. The number of nitrogens with zero attached hydrogens (tertiary/aromatic N) is 2. The smallest absolute Gasteiger partial charge is 0.255 e. The highest BCUT2D eigenvalue weighted by Crippen LogP contribution is 2.28. The van der Waals surface area contributed by atoms with Gasteiger partial charge in [-0.05, 0) is 54.6 Å². The number of nitrogens with one attached hydrogen (secondary N) is 1. The molecule has 2 amide bonds. The molecule has 0 spiro atoms. The Hall–Kier alpha value is -4.00. The number of hydrogen-bond acceptors (Lipinski definition) is 5. The van der Waals surface area contributed by atoms with Crippen molar-refractivity contribution in [3.8, 4) is 11.5 Å². The third kappa shape index (κ3) is 5.09. The van der Waals surface area contributed by atoms with E-state index in [0.29, 0.717) is 41.4 Å². The molecule has 33 heavy (non-hydrogen) atoms. The first-order valence-electron chi connectivity index (χ1n) is 10.8. The third-order valence-electron chi connectivity index (χ3n) is 5.72. The SMILES string of the molecule is COc1ccc(C(=O)Nc2ccc(C(=O)N3CCN(c4ccccc4)CC3)cc2)cc1OC. The van der Waals surface area contributed by atoms with Gasteiger partial charge in [-0.25, -0.2) is 0 Å². The zero-order valence-electron chi connectivity index (χ0n) is 18.8. The van der Waals surface area contributed by atoms with Crippen molar-refractivity contribution in [2.24, 2.45) is 0 Å². The highest BCUT2D eigenvalue weighted by Gasteiger charge is 2.22. The Labute approximate surface area is 193 Å².